The minimum atomic E-state index is -0.713. The first kappa shape index (κ1) is 23.7. The van der Waals surface area contributed by atoms with Crippen molar-refractivity contribution in [3.8, 4) is 0 Å². The maximum atomic E-state index is 13.0. The number of halogens is 1. The summed E-state index contributed by atoms with van der Waals surface area (Å²) >= 11 is 3.44. The van der Waals surface area contributed by atoms with E-state index in [1.165, 1.54) is 0 Å². The van der Waals surface area contributed by atoms with Crippen molar-refractivity contribution in [3.63, 3.8) is 0 Å². The number of nitrogens with zero attached hydrogens (tertiary/aromatic N) is 1. The van der Waals surface area contributed by atoms with E-state index in [0.29, 0.717) is 12.0 Å². The van der Waals surface area contributed by atoms with Crippen molar-refractivity contribution in [1.29, 1.82) is 0 Å². The Kier molecular flexibility index (Phi) is 6.80. The molecule has 0 bridgehead atoms. The van der Waals surface area contributed by atoms with Crippen LogP contribution in [-0.2, 0) is 14.3 Å². The third-order valence-corrected chi connectivity index (χ3v) is 6.93. The van der Waals surface area contributed by atoms with Gasteiger partial charge in [0.05, 0.1) is 0 Å². The summed E-state index contributed by atoms with van der Waals surface area (Å²) < 4.78 is 12.0. The maximum Gasteiger partial charge on any atom is 0.411 e. The lowest BCUT2D eigenvalue weighted by Crippen LogP contribution is -2.48. The van der Waals surface area contributed by atoms with E-state index in [-0.39, 0.29) is 24.3 Å². The van der Waals surface area contributed by atoms with Crippen LogP contribution in [0.15, 0.2) is 40.9 Å². The SMILES string of the molecule is CC(C)(C)OC(=O)N1[C@H](C(=O)OCC(=O)c2ccc3cc(Br)ccc3c2)C[C@@H]2CCCC[C@@H]21. The number of carbonyl (C=O) groups is 3. The first-order chi connectivity index (χ1) is 15.6. The molecule has 1 heterocycles. The molecule has 0 aromatic heterocycles. The Labute approximate surface area is 202 Å². The van der Waals surface area contributed by atoms with E-state index in [1.807, 2.05) is 45.0 Å². The molecule has 0 radical (unpaired) electrons. The van der Waals surface area contributed by atoms with Crippen LogP contribution in [-0.4, -0.2) is 47.0 Å². The van der Waals surface area contributed by atoms with Gasteiger partial charge in [0.25, 0.3) is 0 Å². The quantitative estimate of drug-likeness (QED) is 0.374. The van der Waals surface area contributed by atoms with Crippen molar-refractivity contribution >= 4 is 44.5 Å². The molecule has 2 aromatic rings. The van der Waals surface area contributed by atoms with Gasteiger partial charge in [0.1, 0.15) is 11.6 Å². The molecule has 2 aliphatic rings. The van der Waals surface area contributed by atoms with Gasteiger partial charge in [0.2, 0.25) is 0 Å². The minimum absolute atomic E-state index is 0.0123. The number of carbonyl (C=O) groups excluding carboxylic acids is 3. The molecule has 1 saturated carbocycles. The van der Waals surface area contributed by atoms with Crippen molar-refractivity contribution in [2.75, 3.05) is 6.61 Å². The third-order valence-electron chi connectivity index (χ3n) is 6.43. The highest BCUT2D eigenvalue weighted by atomic mass is 79.9. The summed E-state index contributed by atoms with van der Waals surface area (Å²) in [6.07, 6.45) is 4.05. The molecule has 0 N–H and O–H groups in total. The van der Waals surface area contributed by atoms with Gasteiger partial charge in [-0.25, -0.2) is 9.59 Å². The van der Waals surface area contributed by atoms with Gasteiger partial charge in [0, 0.05) is 16.1 Å². The standard InChI is InChI=1S/C26H30BrNO5/c1-26(2,3)33-25(31)28-21-7-5-4-6-18(21)14-22(28)24(30)32-15-23(29)19-9-8-17-13-20(27)11-10-16(17)12-19/h8-13,18,21-22H,4-7,14-15H2,1-3H3/t18-,21-,22-/m0/s1. The summed E-state index contributed by atoms with van der Waals surface area (Å²) in [6.45, 7) is 5.09. The highest BCUT2D eigenvalue weighted by Crippen LogP contribution is 2.40. The highest BCUT2D eigenvalue weighted by Gasteiger charge is 2.49. The predicted molar refractivity (Wildman–Crippen MR) is 129 cm³/mol. The number of ether oxygens (including phenoxy) is 2. The van der Waals surface area contributed by atoms with Crippen LogP contribution in [0.5, 0.6) is 0 Å². The normalized spacial score (nSPS) is 22.7. The van der Waals surface area contributed by atoms with E-state index in [0.717, 1.165) is 40.9 Å². The Bertz CT molecular complexity index is 1080. The zero-order valence-corrected chi connectivity index (χ0v) is 20.9. The summed E-state index contributed by atoms with van der Waals surface area (Å²) in [5.74, 6) is -0.542. The molecule has 7 heteroatoms. The van der Waals surface area contributed by atoms with Gasteiger partial charge in [-0.2, -0.15) is 0 Å². The number of rotatable bonds is 4. The Balaban J connectivity index is 1.45. The lowest BCUT2D eigenvalue weighted by atomic mass is 9.85. The van der Waals surface area contributed by atoms with E-state index in [4.69, 9.17) is 9.47 Å². The van der Waals surface area contributed by atoms with E-state index in [1.54, 1.807) is 17.0 Å². The number of esters is 1. The van der Waals surface area contributed by atoms with Gasteiger partial charge in [-0.1, -0.05) is 47.0 Å². The third kappa shape index (κ3) is 5.40. The van der Waals surface area contributed by atoms with Crippen molar-refractivity contribution in [2.45, 2.75) is 70.6 Å². The molecule has 1 saturated heterocycles. The maximum absolute atomic E-state index is 13.0. The van der Waals surface area contributed by atoms with Gasteiger partial charge in [-0.05, 0) is 74.9 Å². The van der Waals surface area contributed by atoms with Crippen LogP contribution in [0, 0.1) is 5.92 Å². The summed E-state index contributed by atoms with van der Waals surface area (Å²) in [5, 5.41) is 1.95. The van der Waals surface area contributed by atoms with E-state index < -0.39 is 23.7 Å². The van der Waals surface area contributed by atoms with Crippen LogP contribution in [0.1, 0.15) is 63.2 Å². The fourth-order valence-corrected chi connectivity index (χ4v) is 5.33. The van der Waals surface area contributed by atoms with Gasteiger partial charge in [-0.15, -0.1) is 0 Å². The van der Waals surface area contributed by atoms with Gasteiger partial charge < -0.3 is 9.47 Å². The Hall–Kier alpha value is -2.41. The number of hydrogen-bond donors (Lipinski definition) is 0. The monoisotopic (exact) mass is 515 g/mol. The largest absolute Gasteiger partial charge is 0.456 e. The number of ketones is 1. The van der Waals surface area contributed by atoms with Crippen molar-refractivity contribution < 1.29 is 23.9 Å². The molecule has 0 unspecified atom stereocenters. The number of amides is 1. The Morgan fingerprint density at radius 3 is 2.48 bits per heavy atom. The van der Waals surface area contributed by atoms with Crippen LogP contribution < -0.4 is 0 Å². The average molecular weight is 516 g/mol. The molecule has 1 aliphatic carbocycles. The molecule has 2 aromatic carbocycles. The van der Waals surface area contributed by atoms with Crippen LogP contribution in [0.25, 0.3) is 10.8 Å². The molecule has 0 spiro atoms. The zero-order valence-electron chi connectivity index (χ0n) is 19.3. The summed E-state index contributed by atoms with van der Waals surface area (Å²) in [5.41, 5.74) is -0.165. The van der Waals surface area contributed by atoms with Crippen molar-refractivity contribution in [1.82, 2.24) is 4.90 Å². The summed E-state index contributed by atoms with van der Waals surface area (Å²) in [7, 11) is 0. The molecule has 33 heavy (non-hydrogen) atoms. The van der Waals surface area contributed by atoms with E-state index >= 15 is 0 Å². The zero-order chi connectivity index (χ0) is 23.8. The van der Waals surface area contributed by atoms with Gasteiger partial charge in [-0.3, -0.25) is 9.69 Å². The molecule has 176 valence electrons. The number of Topliss-reactive ketones (excluding diaryl/α,β-unsaturated/α-hetero) is 1. The molecular weight excluding hydrogens is 486 g/mol. The molecule has 1 aliphatic heterocycles. The first-order valence-corrected chi connectivity index (χ1v) is 12.3. The van der Waals surface area contributed by atoms with E-state index in [2.05, 4.69) is 15.9 Å². The second-order valence-electron chi connectivity index (χ2n) is 9.99. The Morgan fingerprint density at radius 1 is 1.03 bits per heavy atom. The molecule has 3 atom stereocenters. The fraction of sp³-hybridized carbons (Fsp3) is 0.500. The number of hydrogen-bond acceptors (Lipinski definition) is 5. The first-order valence-electron chi connectivity index (χ1n) is 11.5. The fourth-order valence-electron chi connectivity index (χ4n) is 4.95. The second-order valence-corrected chi connectivity index (χ2v) is 10.9. The van der Waals surface area contributed by atoms with E-state index in [9.17, 15) is 14.4 Å². The number of fused-ring (bicyclic) bond motifs is 2. The highest BCUT2D eigenvalue weighted by molar-refractivity contribution is 9.10. The Morgan fingerprint density at radius 2 is 1.73 bits per heavy atom. The molecule has 6 nitrogen and oxygen atoms in total. The average Bonchev–Trinajstić information content (AvgIpc) is 3.15. The van der Waals surface area contributed by atoms with Crippen LogP contribution >= 0.6 is 15.9 Å². The lowest BCUT2D eigenvalue weighted by molar-refractivity contribution is -0.148. The van der Waals surface area contributed by atoms with Gasteiger partial charge >= 0.3 is 12.1 Å². The number of likely N-dealkylation sites (tertiary alicyclic amines) is 1. The topological polar surface area (TPSA) is 72.9 Å². The van der Waals surface area contributed by atoms with Gasteiger partial charge in [0.15, 0.2) is 12.4 Å². The van der Waals surface area contributed by atoms with Crippen LogP contribution in [0.4, 0.5) is 4.79 Å². The summed E-state index contributed by atoms with van der Waals surface area (Å²) in [6, 6.07) is 10.5. The lowest BCUT2D eigenvalue weighted by Gasteiger charge is -2.34. The number of benzene rings is 2. The van der Waals surface area contributed by atoms with Crippen LogP contribution in [0.2, 0.25) is 0 Å². The van der Waals surface area contributed by atoms with Crippen molar-refractivity contribution in [2.24, 2.45) is 5.92 Å². The molecular formula is C26H30BrNO5. The van der Waals surface area contributed by atoms with Crippen LogP contribution in [0.3, 0.4) is 0 Å². The molecule has 4 rings (SSSR count). The molecule has 1 amide bonds. The molecule has 2 fully saturated rings. The summed E-state index contributed by atoms with van der Waals surface area (Å²) in [4.78, 5) is 40.3. The van der Waals surface area contributed by atoms with Crippen molar-refractivity contribution in [3.05, 3.63) is 46.4 Å². The second kappa shape index (κ2) is 9.45. The predicted octanol–water partition coefficient (Wildman–Crippen LogP) is 5.90. The minimum Gasteiger partial charge on any atom is -0.456 e. The smallest absolute Gasteiger partial charge is 0.411 e.